The van der Waals surface area contributed by atoms with Crippen molar-refractivity contribution in [2.75, 3.05) is 31.1 Å². The largest absolute Gasteiger partial charge is 0.508 e. The molecule has 0 bridgehead atoms. The molecule has 1 aliphatic heterocycles. The number of nitrogens with zero attached hydrogens (tertiary/aromatic N) is 6. The Morgan fingerprint density at radius 3 is 2.72 bits per heavy atom. The number of aromatic nitrogens is 4. The van der Waals surface area contributed by atoms with Crippen molar-refractivity contribution in [1.29, 1.82) is 0 Å². The maximum absolute atomic E-state index is 9.61. The number of halogens is 1. The molecule has 0 spiro atoms. The Labute approximate surface area is 154 Å². The highest BCUT2D eigenvalue weighted by Gasteiger charge is 2.22. The number of benzene rings is 1. The van der Waals surface area contributed by atoms with Crippen LogP contribution in [0.25, 0.3) is 11.0 Å². The second-order valence-electron chi connectivity index (χ2n) is 6.24. The molecule has 1 fully saturated rings. The molecular weight excluding hydrogens is 384 g/mol. The van der Waals surface area contributed by atoms with Gasteiger partial charge >= 0.3 is 0 Å². The summed E-state index contributed by atoms with van der Waals surface area (Å²) >= 11 is 3.53. The Morgan fingerprint density at radius 2 is 1.96 bits per heavy atom. The topological polar surface area (TPSA) is 70.3 Å². The van der Waals surface area contributed by atoms with E-state index in [1.807, 2.05) is 25.2 Å². The van der Waals surface area contributed by atoms with E-state index < -0.39 is 0 Å². The van der Waals surface area contributed by atoms with Crippen LogP contribution in [0.5, 0.6) is 5.75 Å². The quantitative estimate of drug-likeness (QED) is 0.723. The number of aromatic hydroxyl groups is 1. The highest BCUT2D eigenvalue weighted by molar-refractivity contribution is 9.10. The Kier molecular flexibility index (Phi) is 4.30. The normalized spacial score (nSPS) is 15.8. The lowest BCUT2D eigenvalue weighted by molar-refractivity contribution is 0.249. The third-order valence-corrected chi connectivity index (χ3v) is 5.10. The predicted octanol–water partition coefficient (Wildman–Crippen LogP) is 2.15. The fraction of sp³-hybridized carbons (Fsp3) is 0.353. The van der Waals surface area contributed by atoms with E-state index in [0.29, 0.717) is 5.75 Å². The molecule has 0 saturated carbocycles. The van der Waals surface area contributed by atoms with Crippen LogP contribution in [0.15, 0.2) is 35.2 Å². The summed E-state index contributed by atoms with van der Waals surface area (Å²) in [5.41, 5.74) is 1.96. The van der Waals surface area contributed by atoms with Gasteiger partial charge in [-0.05, 0) is 33.6 Å². The van der Waals surface area contributed by atoms with E-state index in [-0.39, 0.29) is 0 Å². The number of rotatable bonds is 3. The summed E-state index contributed by atoms with van der Waals surface area (Å²) in [6.07, 6.45) is 1.60. The van der Waals surface area contributed by atoms with Crippen LogP contribution in [0.3, 0.4) is 0 Å². The number of aryl methyl sites for hydroxylation is 1. The first-order valence-electron chi connectivity index (χ1n) is 8.20. The number of phenols is 1. The monoisotopic (exact) mass is 402 g/mol. The van der Waals surface area contributed by atoms with Crippen LogP contribution in [-0.4, -0.2) is 55.9 Å². The molecular formula is C17H19BrN6O. The van der Waals surface area contributed by atoms with Gasteiger partial charge in [0.1, 0.15) is 22.5 Å². The molecule has 1 aromatic carbocycles. The maximum Gasteiger partial charge on any atom is 0.164 e. The van der Waals surface area contributed by atoms with Crippen LogP contribution in [0.1, 0.15) is 5.56 Å². The summed E-state index contributed by atoms with van der Waals surface area (Å²) in [4.78, 5) is 13.5. The minimum atomic E-state index is 0.320. The third kappa shape index (κ3) is 3.19. The highest BCUT2D eigenvalue weighted by Crippen LogP contribution is 2.30. The lowest BCUT2D eigenvalue weighted by atomic mass is 10.2. The Morgan fingerprint density at radius 1 is 1.16 bits per heavy atom. The summed E-state index contributed by atoms with van der Waals surface area (Å²) in [5, 5.41) is 15.0. The van der Waals surface area contributed by atoms with E-state index in [2.05, 4.69) is 40.8 Å². The summed E-state index contributed by atoms with van der Waals surface area (Å²) in [6.45, 7) is 4.52. The van der Waals surface area contributed by atoms with Crippen LogP contribution in [0.2, 0.25) is 0 Å². The minimum absolute atomic E-state index is 0.320. The molecule has 4 rings (SSSR count). The molecule has 3 heterocycles. The van der Waals surface area contributed by atoms with Crippen molar-refractivity contribution in [3.05, 3.63) is 40.8 Å². The molecule has 2 aromatic heterocycles. The van der Waals surface area contributed by atoms with Crippen molar-refractivity contribution >= 4 is 32.8 Å². The molecule has 130 valence electrons. The number of hydrogen-bond acceptors (Lipinski definition) is 6. The van der Waals surface area contributed by atoms with Crippen molar-refractivity contribution in [2.24, 2.45) is 7.05 Å². The molecule has 0 atom stereocenters. The lowest BCUT2D eigenvalue weighted by Gasteiger charge is -2.35. The Hall–Kier alpha value is -2.19. The van der Waals surface area contributed by atoms with E-state index in [1.54, 1.807) is 17.1 Å². The van der Waals surface area contributed by atoms with Gasteiger partial charge in [0.2, 0.25) is 0 Å². The predicted molar refractivity (Wildman–Crippen MR) is 99.6 cm³/mol. The zero-order valence-corrected chi connectivity index (χ0v) is 15.5. The number of fused-ring (bicyclic) bond motifs is 1. The van der Waals surface area contributed by atoms with Crippen LogP contribution in [0, 0.1) is 0 Å². The number of piperazine rings is 1. The number of phenolic OH excluding ortho intramolecular Hbond substituents is 1. The third-order valence-electron chi connectivity index (χ3n) is 4.55. The molecule has 0 radical (unpaired) electrons. The van der Waals surface area contributed by atoms with Gasteiger partial charge in [0.05, 0.1) is 5.39 Å². The molecule has 25 heavy (non-hydrogen) atoms. The molecule has 1 saturated heterocycles. The molecule has 0 amide bonds. The van der Waals surface area contributed by atoms with Crippen LogP contribution >= 0.6 is 15.9 Å². The smallest absolute Gasteiger partial charge is 0.164 e. The van der Waals surface area contributed by atoms with Gasteiger partial charge in [-0.3, -0.25) is 4.90 Å². The highest BCUT2D eigenvalue weighted by atomic mass is 79.9. The average Bonchev–Trinajstić information content (AvgIpc) is 2.90. The first kappa shape index (κ1) is 16.3. The summed E-state index contributed by atoms with van der Waals surface area (Å²) in [7, 11) is 1.89. The van der Waals surface area contributed by atoms with Crippen molar-refractivity contribution < 1.29 is 5.11 Å². The molecule has 8 heteroatoms. The van der Waals surface area contributed by atoms with E-state index in [4.69, 9.17) is 0 Å². The average molecular weight is 403 g/mol. The first-order valence-corrected chi connectivity index (χ1v) is 8.99. The van der Waals surface area contributed by atoms with Gasteiger partial charge in [0, 0.05) is 39.8 Å². The standard InChI is InChI=1S/C17H19BrN6O/c1-22-16-14(15(18)21-22)17(20-11-19-16)24-7-5-23(6-8-24)10-12-3-2-4-13(25)9-12/h2-4,9,11,25H,5-8,10H2,1H3. The van der Waals surface area contributed by atoms with Gasteiger partial charge in [-0.2, -0.15) is 5.10 Å². The molecule has 3 aromatic rings. The fourth-order valence-electron chi connectivity index (χ4n) is 3.30. The van der Waals surface area contributed by atoms with Gasteiger partial charge in [-0.15, -0.1) is 0 Å². The lowest BCUT2D eigenvalue weighted by Crippen LogP contribution is -2.46. The van der Waals surface area contributed by atoms with Gasteiger partial charge in [-0.25, -0.2) is 14.6 Å². The summed E-state index contributed by atoms with van der Waals surface area (Å²) in [5.74, 6) is 1.25. The zero-order valence-electron chi connectivity index (χ0n) is 13.9. The van der Waals surface area contributed by atoms with E-state index in [9.17, 15) is 5.11 Å². The summed E-state index contributed by atoms with van der Waals surface area (Å²) in [6, 6.07) is 7.46. The minimum Gasteiger partial charge on any atom is -0.508 e. The second kappa shape index (κ2) is 6.61. The van der Waals surface area contributed by atoms with E-state index in [0.717, 1.165) is 59.7 Å². The van der Waals surface area contributed by atoms with Gasteiger partial charge in [0.15, 0.2) is 5.65 Å². The molecule has 0 unspecified atom stereocenters. The van der Waals surface area contributed by atoms with Crippen molar-refractivity contribution in [2.45, 2.75) is 6.54 Å². The Balaban J connectivity index is 1.49. The Bertz CT molecular complexity index is 903. The first-order chi connectivity index (χ1) is 12.1. The van der Waals surface area contributed by atoms with Crippen LogP contribution < -0.4 is 4.90 Å². The van der Waals surface area contributed by atoms with Crippen molar-refractivity contribution in [1.82, 2.24) is 24.6 Å². The van der Waals surface area contributed by atoms with Gasteiger partial charge in [-0.1, -0.05) is 12.1 Å². The maximum atomic E-state index is 9.61. The number of hydrogen-bond donors (Lipinski definition) is 1. The number of anilines is 1. The van der Waals surface area contributed by atoms with Crippen molar-refractivity contribution in [3.8, 4) is 5.75 Å². The van der Waals surface area contributed by atoms with Crippen molar-refractivity contribution in [3.63, 3.8) is 0 Å². The molecule has 1 aliphatic rings. The van der Waals surface area contributed by atoms with E-state index >= 15 is 0 Å². The molecule has 1 N–H and O–H groups in total. The molecule has 0 aliphatic carbocycles. The zero-order chi connectivity index (χ0) is 17.4. The summed E-state index contributed by atoms with van der Waals surface area (Å²) < 4.78 is 2.55. The fourth-order valence-corrected chi connectivity index (χ4v) is 3.89. The van der Waals surface area contributed by atoms with Gasteiger partial charge in [0.25, 0.3) is 0 Å². The SMILES string of the molecule is Cn1nc(Br)c2c(N3CCN(Cc4cccc(O)c4)CC3)ncnc21. The van der Waals surface area contributed by atoms with Crippen LogP contribution in [0.4, 0.5) is 5.82 Å². The van der Waals surface area contributed by atoms with E-state index in [1.165, 1.54) is 0 Å². The molecule has 7 nitrogen and oxygen atoms in total. The van der Waals surface area contributed by atoms with Crippen LogP contribution in [-0.2, 0) is 13.6 Å². The van der Waals surface area contributed by atoms with Gasteiger partial charge < -0.3 is 10.0 Å². The second-order valence-corrected chi connectivity index (χ2v) is 6.99.